The maximum absolute atomic E-state index is 14.6. The highest BCUT2D eigenvalue weighted by molar-refractivity contribution is 7.90. The van der Waals surface area contributed by atoms with Crippen LogP contribution in [0.3, 0.4) is 0 Å². The first-order valence-corrected chi connectivity index (χ1v) is 12.0. The van der Waals surface area contributed by atoms with Gasteiger partial charge >= 0.3 is 10.2 Å². The van der Waals surface area contributed by atoms with Gasteiger partial charge in [0.15, 0.2) is 0 Å². The molecule has 0 aromatic heterocycles. The lowest BCUT2D eigenvalue weighted by atomic mass is 10.1. The number of hydrogen-bond donors (Lipinski definition) is 1. The summed E-state index contributed by atoms with van der Waals surface area (Å²) in [6.45, 7) is 0.995. The molecule has 0 aliphatic carbocycles. The number of nitrogens with one attached hydrogen (secondary N) is 1. The van der Waals surface area contributed by atoms with Crippen LogP contribution in [0.15, 0.2) is 48.5 Å². The summed E-state index contributed by atoms with van der Waals surface area (Å²) in [4.78, 5) is 27.3. The van der Waals surface area contributed by atoms with E-state index < -0.39 is 40.4 Å². The molecule has 2 aromatic rings. The fourth-order valence-electron chi connectivity index (χ4n) is 3.25. The fourth-order valence-corrected chi connectivity index (χ4v) is 4.51. The average Bonchev–Trinajstić information content (AvgIpc) is 2.78. The molecule has 1 unspecified atom stereocenters. The van der Waals surface area contributed by atoms with E-state index in [-0.39, 0.29) is 18.7 Å². The number of carbonyl (C=O) groups is 2. The Bertz CT molecular complexity index is 1100. The Hall–Kier alpha value is -2.69. The maximum Gasteiger partial charge on any atom is 0.304 e. The second-order valence-electron chi connectivity index (χ2n) is 7.40. The van der Waals surface area contributed by atoms with Crippen molar-refractivity contribution in [1.29, 1.82) is 0 Å². The van der Waals surface area contributed by atoms with Crippen LogP contribution in [0, 0.1) is 5.82 Å². The Morgan fingerprint density at radius 2 is 1.70 bits per heavy atom. The minimum absolute atomic E-state index is 0.0302. The molecule has 0 aliphatic rings. The molecule has 0 saturated heterocycles. The topological polar surface area (TPSA) is 90.0 Å². The molecule has 2 rings (SSSR count). The summed E-state index contributed by atoms with van der Waals surface area (Å²) in [5.41, 5.74) is 0.313. The molecule has 1 N–H and O–H groups in total. The smallest absolute Gasteiger partial charge is 0.304 e. The number of hydrogen-bond acceptors (Lipinski definition) is 4. The van der Waals surface area contributed by atoms with Crippen molar-refractivity contribution in [3.63, 3.8) is 0 Å². The van der Waals surface area contributed by atoms with Gasteiger partial charge in [-0.05, 0) is 30.2 Å². The van der Waals surface area contributed by atoms with Crippen LogP contribution in [0.25, 0.3) is 0 Å². The monoisotopic (exact) mass is 498 g/mol. The van der Waals surface area contributed by atoms with Crippen molar-refractivity contribution in [2.24, 2.45) is 0 Å². The van der Waals surface area contributed by atoms with Crippen molar-refractivity contribution in [1.82, 2.24) is 14.5 Å². The first-order valence-electron chi connectivity index (χ1n) is 10.2. The van der Waals surface area contributed by atoms with E-state index in [4.69, 9.17) is 11.6 Å². The van der Waals surface area contributed by atoms with Gasteiger partial charge in [0, 0.05) is 32.7 Å². The number of halogens is 2. The van der Waals surface area contributed by atoms with Gasteiger partial charge in [0.05, 0.1) is 5.69 Å². The molecule has 0 heterocycles. The highest BCUT2D eigenvalue weighted by Gasteiger charge is 2.34. The molecule has 180 valence electrons. The van der Waals surface area contributed by atoms with Crippen LogP contribution in [0.4, 0.5) is 10.1 Å². The quantitative estimate of drug-likeness (QED) is 0.545. The Labute approximate surface area is 199 Å². The summed E-state index contributed by atoms with van der Waals surface area (Å²) >= 11 is 6.27. The van der Waals surface area contributed by atoms with Gasteiger partial charge in [-0.15, -0.1) is 0 Å². The minimum atomic E-state index is -4.23. The molecule has 2 aromatic carbocycles. The third kappa shape index (κ3) is 6.21. The van der Waals surface area contributed by atoms with Crippen LogP contribution in [0.1, 0.15) is 18.9 Å². The third-order valence-electron chi connectivity index (χ3n) is 5.07. The van der Waals surface area contributed by atoms with E-state index in [9.17, 15) is 22.4 Å². The lowest BCUT2D eigenvalue weighted by molar-refractivity contribution is -0.140. The Kier molecular flexibility index (Phi) is 9.21. The van der Waals surface area contributed by atoms with Crippen molar-refractivity contribution < 1.29 is 22.4 Å². The van der Waals surface area contributed by atoms with E-state index in [1.165, 1.54) is 44.2 Å². The molecule has 0 aliphatic heterocycles. The summed E-state index contributed by atoms with van der Waals surface area (Å²) < 4.78 is 42.1. The summed E-state index contributed by atoms with van der Waals surface area (Å²) in [6, 6.07) is 11.2. The summed E-state index contributed by atoms with van der Waals surface area (Å²) in [6.07, 6.45) is 0.274. The average molecular weight is 499 g/mol. The number of amides is 2. The zero-order valence-corrected chi connectivity index (χ0v) is 20.5. The van der Waals surface area contributed by atoms with E-state index >= 15 is 0 Å². The van der Waals surface area contributed by atoms with E-state index in [0.29, 0.717) is 14.9 Å². The molecule has 8 nitrogen and oxygen atoms in total. The Morgan fingerprint density at radius 3 is 2.24 bits per heavy atom. The van der Waals surface area contributed by atoms with Crippen LogP contribution >= 0.6 is 11.6 Å². The van der Waals surface area contributed by atoms with Gasteiger partial charge in [-0.3, -0.25) is 9.59 Å². The standard InChI is InChI=1S/C22H28ClFN4O4S/c1-5-19(22(30)25-2)27(14-16-10-6-7-11-17(16)23)21(29)15-28(33(31,32)26(3)4)20-13-9-8-12-18(20)24/h6-13,19H,5,14-15H2,1-4H3,(H,25,30). The second kappa shape index (κ2) is 11.4. The highest BCUT2D eigenvalue weighted by atomic mass is 35.5. The molecule has 1 atom stereocenters. The van der Waals surface area contributed by atoms with E-state index in [2.05, 4.69) is 5.32 Å². The normalized spacial score (nSPS) is 12.3. The molecule has 0 saturated carbocycles. The Balaban J connectivity index is 2.53. The SMILES string of the molecule is CCC(C(=O)NC)N(Cc1ccccc1Cl)C(=O)CN(c1ccccc1F)S(=O)(=O)N(C)C. The number of rotatable bonds is 10. The third-order valence-corrected chi connectivity index (χ3v) is 7.25. The van der Waals surface area contributed by atoms with Gasteiger partial charge in [0.1, 0.15) is 18.4 Å². The number of anilines is 1. The molecule has 33 heavy (non-hydrogen) atoms. The summed E-state index contributed by atoms with van der Waals surface area (Å²) in [5.74, 6) is -1.89. The first-order chi connectivity index (χ1) is 15.5. The van der Waals surface area contributed by atoms with Gasteiger partial charge < -0.3 is 10.2 Å². The van der Waals surface area contributed by atoms with Gasteiger partial charge in [-0.25, -0.2) is 8.70 Å². The number of benzene rings is 2. The van der Waals surface area contributed by atoms with E-state index in [0.717, 1.165) is 10.4 Å². The van der Waals surface area contributed by atoms with Crippen molar-refractivity contribution in [3.05, 3.63) is 64.9 Å². The summed E-state index contributed by atoms with van der Waals surface area (Å²) in [5, 5.41) is 2.93. The van der Waals surface area contributed by atoms with Gasteiger partial charge in [0.2, 0.25) is 11.8 Å². The Morgan fingerprint density at radius 1 is 1.09 bits per heavy atom. The van der Waals surface area contributed by atoms with Crippen LogP contribution in [-0.2, 0) is 26.3 Å². The molecular formula is C22H28ClFN4O4S. The molecular weight excluding hydrogens is 471 g/mol. The molecule has 2 amide bonds. The zero-order chi connectivity index (χ0) is 24.8. The first kappa shape index (κ1) is 26.6. The van der Waals surface area contributed by atoms with E-state index in [1.807, 2.05) is 0 Å². The van der Waals surface area contributed by atoms with Crippen LogP contribution in [0.2, 0.25) is 5.02 Å². The second-order valence-corrected chi connectivity index (χ2v) is 9.87. The molecule has 0 radical (unpaired) electrons. The maximum atomic E-state index is 14.6. The van der Waals surface area contributed by atoms with Gasteiger partial charge in [-0.1, -0.05) is 48.9 Å². The molecule has 0 fully saturated rings. The number of nitrogens with zero attached hydrogens (tertiary/aromatic N) is 3. The van der Waals surface area contributed by atoms with Crippen LogP contribution in [-0.4, -0.2) is 63.2 Å². The fraction of sp³-hybridized carbons (Fsp3) is 0.364. The predicted molar refractivity (Wildman–Crippen MR) is 127 cm³/mol. The van der Waals surface area contributed by atoms with Crippen molar-refractivity contribution in [2.75, 3.05) is 32.0 Å². The lowest BCUT2D eigenvalue weighted by Gasteiger charge is -2.33. The number of likely N-dealkylation sites (N-methyl/N-ethyl adjacent to an activating group) is 1. The lowest BCUT2D eigenvalue weighted by Crippen LogP contribution is -2.53. The minimum Gasteiger partial charge on any atom is -0.357 e. The predicted octanol–water partition coefficient (Wildman–Crippen LogP) is 2.65. The van der Waals surface area contributed by atoms with Crippen molar-refractivity contribution in [2.45, 2.75) is 25.9 Å². The highest BCUT2D eigenvalue weighted by Crippen LogP contribution is 2.25. The summed E-state index contributed by atoms with van der Waals surface area (Å²) in [7, 11) is -0.208. The van der Waals surface area contributed by atoms with E-state index in [1.54, 1.807) is 31.2 Å². The van der Waals surface area contributed by atoms with Crippen LogP contribution < -0.4 is 9.62 Å². The van der Waals surface area contributed by atoms with Crippen LogP contribution in [0.5, 0.6) is 0 Å². The van der Waals surface area contributed by atoms with Crippen molar-refractivity contribution in [3.8, 4) is 0 Å². The molecule has 0 spiro atoms. The number of para-hydroxylation sites is 1. The number of carbonyl (C=O) groups excluding carboxylic acids is 2. The van der Waals surface area contributed by atoms with Gasteiger partial charge in [-0.2, -0.15) is 12.7 Å². The zero-order valence-electron chi connectivity index (χ0n) is 19.0. The molecule has 0 bridgehead atoms. The van der Waals surface area contributed by atoms with Gasteiger partial charge in [0.25, 0.3) is 0 Å². The van der Waals surface area contributed by atoms with Crippen molar-refractivity contribution >= 4 is 39.3 Å². The molecule has 11 heteroatoms. The largest absolute Gasteiger partial charge is 0.357 e.